The normalized spacial score (nSPS) is 12.4. The van der Waals surface area contributed by atoms with Crippen molar-refractivity contribution in [2.45, 2.75) is 12.4 Å². The summed E-state index contributed by atoms with van der Waals surface area (Å²) in [5.74, 6) is -4.58. The number of nitrogens with zero attached hydrogens (tertiary/aromatic N) is 7. The maximum Gasteiger partial charge on any atom is 0.433 e. The summed E-state index contributed by atoms with van der Waals surface area (Å²) in [6.45, 7) is 0. The van der Waals surface area contributed by atoms with Crippen molar-refractivity contribution in [3.05, 3.63) is 77.3 Å². The molecule has 34 heavy (non-hydrogen) atoms. The standard InChI is InChI=1S/C19H10F6N8O/c20-10-4-13(21)15(14(22)5-10)32-16(19(23,24)25)12(8-30-32)18(34)31-11-3-9(6-26)17(27-7-11)33-28-1-2-29-33/h1-5,7-8,18,31,34H. The van der Waals surface area contributed by atoms with Crippen LogP contribution in [0.3, 0.4) is 0 Å². The number of benzene rings is 1. The predicted molar refractivity (Wildman–Crippen MR) is 101 cm³/mol. The number of nitrogens with one attached hydrogen (secondary N) is 1. The molecule has 1 unspecified atom stereocenters. The molecule has 0 saturated carbocycles. The Morgan fingerprint density at radius 1 is 1.00 bits per heavy atom. The molecule has 0 fully saturated rings. The van der Waals surface area contributed by atoms with Gasteiger partial charge in [-0.3, -0.25) is 0 Å². The van der Waals surface area contributed by atoms with E-state index < -0.39 is 46.8 Å². The van der Waals surface area contributed by atoms with Crippen molar-refractivity contribution in [3.63, 3.8) is 0 Å². The van der Waals surface area contributed by atoms with E-state index in [0.717, 1.165) is 11.0 Å². The number of hydrogen-bond donors (Lipinski definition) is 2. The van der Waals surface area contributed by atoms with E-state index >= 15 is 0 Å². The molecule has 3 aromatic heterocycles. The lowest BCUT2D eigenvalue weighted by molar-refractivity contribution is -0.144. The van der Waals surface area contributed by atoms with Gasteiger partial charge in [0.05, 0.1) is 36.0 Å². The maximum atomic E-state index is 14.1. The largest absolute Gasteiger partial charge is 0.433 e. The lowest BCUT2D eigenvalue weighted by Crippen LogP contribution is -2.20. The molecule has 3 heterocycles. The van der Waals surface area contributed by atoms with E-state index in [1.807, 2.05) is 6.07 Å². The van der Waals surface area contributed by atoms with E-state index in [1.165, 1.54) is 18.5 Å². The third-order valence-electron chi connectivity index (χ3n) is 4.45. The molecule has 0 radical (unpaired) electrons. The van der Waals surface area contributed by atoms with Crippen LogP contribution < -0.4 is 5.32 Å². The summed E-state index contributed by atoms with van der Waals surface area (Å²) in [4.78, 5) is 5.00. The van der Waals surface area contributed by atoms with Crippen LogP contribution in [0.5, 0.6) is 0 Å². The maximum absolute atomic E-state index is 14.1. The summed E-state index contributed by atoms with van der Waals surface area (Å²) in [7, 11) is 0. The Bertz CT molecular complexity index is 1370. The van der Waals surface area contributed by atoms with E-state index in [2.05, 4.69) is 25.6 Å². The zero-order valence-corrected chi connectivity index (χ0v) is 16.5. The Morgan fingerprint density at radius 2 is 1.65 bits per heavy atom. The fraction of sp³-hybridized carbons (Fsp3) is 0.105. The summed E-state index contributed by atoms with van der Waals surface area (Å²) >= 11 is 0. The second-order valence-electron chi connectivity index (χ2n) is 6.65. The number of halogens is 6. The third-order valence-corrected chi connectivity index (χ3v) is 4.45. The molecular formula is C19H10F6N8O. The molecule has 9 nitrogen and oxygen atoms in total. The Labute approximate surface area is 185 Å². The number of hydrogen-bond acceptors (Lipinski definition) is 7. The zero-order chi connectivity index (χ0) is 24.6. The summed E-state index contributed by atoms with van der Waals surface area (Å²) in [6.07, 6.45) is -3.01. The molecule has 2 N–H and O–H groups in total. The van der Waals surface area contributed by atoms with Gasteiger partial charge in [-0.2, -0.15) is 33.7 Å². The summed E-state index contributed by atoms with van der Waals surface area (Å²) in [5.41, 5.74) is -4.03. The first-order chi connectivity index (χ1) is 16.1. The van der Waals surface area contributed by atoms with Crippen molar-refractivity contribution >= 4 is 5.69 Å². The topological polar surface area (TPSA) is 117 Å². The van der Waals surface area contributed by atoms with Crippen molar-refractivity contribution in [3.8, 4) is 17.6 Å². The average molecular weight is 480 g/mol. The number of anilines is 1. The second-order valence-corrected chi connectivity index (χ2v) is 6.65. The van der Waals surface area contributed by atoms with Crippen LogP contribution in [0.2, 0.25) is 0 Å². The molecule has 0 bridgehead atoms. The number of aliphatic hydroxyl groups excluding tert-OH is 1. The fourth-order valence-electron chi connectivity index (χ4n) is 3.09. The molecule has 0 spiro atoms. The highest BCUT2D eigenvalue weighted by atomic mass is 19.4. The number of pyridine rings is 1. The smallest absolute Gasteiger partial charge is 0.369 e. The van der Waals surface area contributed by atoms with Crippen LogP contribution >= 0.6 is 0 Å². The van der Waals surface area contributed by atoms with Gasteiger partial charge in [-0.1, -0.05) is 0 Å². The molecule has 0 amide bonds. The molecule has 0 saturated heterocycles. The van der Waals surface area contributed by atoms with Crippen LogP contribution in [0.25, 0.3) is 11.5 Å². The summed E-state index contributed by atoms with van der Waals surface area (Å²) in [5, 5.41) is 33.1. The van der Waals surface area contributed by atoms with Crippen LogP contribution in [-0.2, 0) is 6.18 Å². The first kappa shape index (κ1) is 22.7. The molecule has 1 aromatic carbocycles. The van der Waals surface area contributed by atoms with Gasteiger partial charge in [-0.15, -0.1) is 4.80 Å². The van der Waals surface area contributed by atoms with Crippen LogP contribution in [0, 0.1) is 28.8 Å². The molecule has 0 aliphatic rings. The van der Waals surface area contributed by atoms with Gasteiger partial charge >= 0.3 is 6.18 Å². The summed E-state index contributed by atoms with van der Waals surface area (Å²) < 4.78 is 82.7. The lowest BCUT2D eigenvalue weighted by Gasteiger charge is -2.18. The van der Waals surface area contributed by atoms with Crippen molar-refractivity contribution in [1.82, 2.24) is 29.8 Å². The third kappa shape index (κ3) is 4.13. The van der Waals surface area contributed by atoms with Crippen LogP contribution in [0.15, 0.2) is 43.0 Å². The first-order valence-electron chi connectivity index (χ1n) is 9.11. The van der Waals surface area contributed by atoms with Crippen LogP contribution in [0.4, 0.5) is 32.0 Å². The van der Waals surface area contributed by atoms with E-state index in [4.69, 9.17) is 0 Å². The molecule has 174 valence electrons. The Balaban J connectivity index is 1.73. The van der Waals surface area contributed by atoms with Gasteiger partial charge in [-0.05, 0) is 6.07 Å². The Morgan fingerprint density at radius 3 is 2.24 bits per heavy atom. The van der Waals surface area contributed by atoms with Crippen molar-refractivity contribution in [2.75, 3.05) is 5.32 Å². The fourth-order valence-corrected chi connectivity index (χ4v) is 3.09. The number of aromatic nitrogens is 6. The lowest BCUT2D eigenvalue weighted by atomic mass is 10.2. The van der Waals surface area contributed by atoms with Gasteiger partial charge in [0.2, 0.25) is 0 Å². The van der Waals surface area contributed by atoms with Gasteiger partial charge in [0.15, 0.2) is 29.4 Å². The van der Waals surface area contributed by atoms with Crippen LogP contribution in [0.1, 0.15) is 23.0 Å². The Kier molecular flexibility index (Phi) is 5.67. The molecule has 1 atom stereocenters. The minimum atomic E-state index is -5.23. The van der Waals surface area contributed by atoms with Gasteiger partial charge in [0.1, 0.15) is 23.1 Å². The van der Waals surface area contributed by atoms with Crippen molar-refractivity contribution in [2.24, 2.45) is 0 Å². The number of nitriles is 1. The average Bonchev–Trinajstić information content (AvgIpc) is 3.43. The molecule has 0 aliphatic carbocycles. The SMILES string of the molecule is N#Cc1cc(NC(O)c2cnn(-c3c(F)cc(F)cc3F)c2C(F)(F)F)cnc1-n1nccn1. The van der Waals surface area contributed by atoms with Crippen molar-refractivity contribution < 1.29 is 31.4 Å². The highest BCUT2D eigenvalue weighted by molar-refractivity contribution is 5.54. The second kappa shape index (κ2) is 8.48. The van der Waals surface area contributed by atoms with E-state index in [-0.39, 0.29) is 33.9 Å². The molecule has 4 rings (SSSR count). The highest BCUT2D eigenvalue weighted by Crippen LogP contribution is 2.37. The predicted octanol–water partition coefficient (Wildman–Crippen LogP) is 3.26. The van der Waals surface area contributed by atoms with Gasteiger partial charge < -0.3 is 10.4 Å². The number of alkyl halides is 3. The molecule has 0 aliphatic heterocycles. The Hall–Kier alpha value is -4.45. The van der Waals surface area contributed by atoms with E-state index in [1.54, 1.807) is 0 Å². The van der Waals surface area contributed by atoms with Gasteiger partial charge in [0, 0.05) is 12.1 Å². The van der Waals surface area contributed by atoms with E-state index in [0.29, 0.717) is 6.20 Å². The van der Waals surface area contributed by atoms with E-state index in [9.17, 15) is 36.7 Å². The van der Waals surface area contributed by atoms with Crippen LogP contribution in [-0.4, -0.2) is 34.9 Å². The minimum absolute atomic E-state index is 0.0265. The molecule has 4 aromatic rings. The minimum Gasteiger partial charge on any atom is -0.369 e. The van der Waals surface area contributed by atoms with Crippen molar-refractivity contribution in [1.29, 1.82) is 5.26 Å². The number of aliphatic hydroxyl groups is 1. The highest BCUT2D eigenvalue weighted by Gasteiger charge is 2.41. The monoisotopic (exact) mass is 480 g/mol. The zero-order valence-electron chi connectivity index (χ0n) is 16.5. The van der Waals surface area contributed by atoms with Gasteiger partial charge in [-0.25, -0.2) is 22.8 Å². The number of rotatable bonds is 5. The molecular weight excluding hydrogens is 470 g/mol. The summed E-state index contributed by atoms with van der Waals surface area (Å²) in [6, 6.07) is 3.38. The first-order valence-corrected chi connectivity index (χ1v) is 9.11. The molecule has 15 heteroatoms. The van der Waals surface area contributed by atoms with Gasteiger partial charge in [0.25, 0.3) is 0 Å². The quantitative estimate of drug-likeness (QED) is 0.333.